The van der Waals surface area contributed by atoms with Gasteiger partial charge in [-0.25, -0.2) is 9.37 Å². The Morgan fingerprint density at radius 1 is 1.24 bits per heavy atom. The van der Waals surface area contributed by atoms with Gasteiger partial charge >= 0.3 is 0 Å². The third-order valence-corrected chi connectivity index (χ3v) is 2.44. The van der Waals surface area contributed by atoms with E-state index in [1.807, 2.05) is 12.1 Å². The van der Waals surface area contributed by atoms with Gasteiger partial charge in [-0.1, -0.05) is 12.1 Å². The molecule has 0 N–H and O–H groups in total. The number of hydrogen-bond donors (Lipinski definition) is 0. The average molecular weight is 227 g/mol. The molecule has 0 fully saturated rings. The van der Waals surface area contributed by atoms with Crippen molar-refractivity contribution in [2.75, 3.05) is 11.9 Å². The van der Waals surface area contributed by atoms with E-state index in [4.69, 9.17) is 5.26 Å². The maximum absolute atomic E-state index is 12.8. The van der Waals surface area contributed by atoms with Crippen molar-refractivity contribution in [3.8, 4) is 6.07 Å². The summed E-state index contributed by atoms with van der Waals surface area (Å²) in [7, 11) is 1.79. The quantitative estimate of drug-likeness (QED) is 0.792. The van der Waals surface area contributed by atoms with Crippen LogP contribution in [-0.2, 0) is 0 Å². The van der Waals surface area contributed by atoms with Gasteiger partial charge < -0.3 is 4.90 Å². The Labute approximate surface area is 98.8 Å². The molecular formula is C13H10FN3. The first-order valence-corrected chi connectivity index (χ1v) is 5.07. The molecule has 17 heavy (non-hydrogen) atoms. The molecule has 0 aliphatic heterocycles. The van der Waals surface area contributed by atoms with Crippen LogP contribution in [-0.4, -0.2) is 12.0 Å². The molecule has 1 aromatic carbocycles. The summed E-state index contributed by atoms with van der Waals surface area (Å²) in [5.74, 6) is 0.213. The van der Waals surface area contributed by atoms with Crippen molar-refractivity contribution in [1.29, 1.82) is 5.26 Å². The molecule has 2 aromatic rings. The predicted octanol–water partition coefficient (Wildman–Crippen LogP) is 2.86. The fourth-order valence-electron chi connectivity index (χ4n) is 1.55. The van der Waals surface area contributed by atoms with Crippen molar-refractivity contribution in [3.05, 3.63) is 54.0 Å². The molecule has 0 spiro atoms. The number of para-hydroxylation sites is 1. The highest BCUT2D eigenvalue weighted by Gasteiger charge is 2.09. The third kappa shape index (κ3) is 2.23. The van der Waals surface area contributed by atoms with E-state index >= 15 is 0 Å². The summed E-state index contributed by atoms with van der Waals surface area (Å²) in [6.45, 7) is 0. The van der Waals surface area contributed by atoms with E-state index in [0.717, 1.165) is 11.9 Å². The number of anilines is 2. The van der Waals surface area contributed by atoms with Gasteiger partial charge in [0.05, 0.1) is 17.4 Å². The Hall–Kier alpha value is -2.41. The van der Waals surface area contributed by atoms with E-state index in [1.54, 1.807) is 30.1 Å². The summed E-state index contributed by atoms with van der Waals surface area (Å²) >= 11 is 0. The van der Waals surface area contributed by atoms with Gasteiger partial charge in [-0.05, 0) is 24.3 Å². The molecule has 0 aliphatic carbocycles. The van der Waals surface area contributed by atoms with Crippen LogP contribution in [0.25, 0.3) is 0 Å². The van der Waals surface area contributed by atoms with E-state index in [-0.39, 0.29) is 5.82 Å². The monoisotopic (exact) mass is 227 g/mol. The molecule has 0 saturated heterocycles. The zero-order chi connectivity index (χ0) is 12.3. The number of benzene rings is 1. The van der Waals surface area contributed by atoms with Gasteiger partial charge in [0.2, 0.25) is 0 Å². The number of aromatic nitrogens is 1. The minimum atomic E-state index is -0.379. The second-order valence-corrected chi connectivity index (χ2v) is 3.52. The van der Waals surface area contributed by atoms with E-state index in [0.29, 0.717) is 11.4 Å². The molecule has 3 nitrogen and oxygen atoms in total. The molecule has 0 atom stereocenters. The molecular weight excluding hydrogens is 217 g/mol. The number of halogens is 1. The first-order valence-electron chi connectivity index (χ1n) is 5.07. The number of pyridine rings is 1. The summed E-state index contributed by atoms with van der Waals surface area (Å²) < 4.78 is 12.8. The van der Waals surface area contributed by atoms with Crippen LogP contribution in [0.5, 0.6) is 0 Å². The van der Waals surface area contributed by atoms with Crippen molar-refractivity contribution in [2.24, 2.45) is 0 Å². The first-order chi connectivity index (χ1) is 8.22. The lowest BCUT2D eigenvalue weighted by Gasteiger charge is -2.19. The second kappa shape index (κ2) is 4.62. The topological polar surface area (TPSA) is 39.9 Å². The number of hydrogen-bond acceptors (Lipinski definition) is 3. The lowest BCUT2D eigenvalue weighted by molar-refractivity contribution is 0.621. The molecule has 0 radical (unpaired) electrons. The van der Waals surface area contributed by atoms with Crippen molar-refractivity contribution in [1.82, 2.24) is 4.98 Å². The van der Waals surface area contributed by atoms with Crippen LogP contribution in [0, 0.1) is 17.1 Å². The SMILES string of the molecule is CN(c1ccc(F)cn1)c1ccccc1C#N. The highest BCUT2D eigenvalue weighted by atomic mass is 19.1. The molecule has 0 amide bonds. The molecule has 0 aliphatic rings. The summed E-state index contributed by atoms with van der Waals surface area (Å²) in [6.07, 6.45) is 1.15. The molecule has 1 aromatic heterocycles. The fourth-order valence-corrected chi connectivity index (χ4v) is 1.55. The Kier molecular flexibility index (Phi) is 3.01. The lowest BCUT2D eigenvalue weighted by atomic mass is 10.2. The fraction of sp³-hybridized carbons (Fsp3) is 0.0769. The van der Waals surface area contributed by atoms with Crippen LogP contribution in [0.1, 0.15) is 5.56 Å². The molecule has 4 heteroatoms. The van der Waals surface area contributed by atoms with Crippen molar-refractivity contribution >= 4 is 11.5 Å². The smallest absolute Gasteiger partial charge is 0.141 e. The van der Waals surface area contributed by atoms with Crippen LogP contribution in [0.2, 0.25) is 0 Å². The van der Waals surface area contributed by atoms with Gasteiger partial charge in [-0.2, -0.15) is 5.26 Å². The van der Waals surface area contributed by atoms with Gasteiger partial charge in [-0.15, -0.1) is 0 Å². The highest BCUT2D eigenvalue weighted by molar-refractivity contribution is 5.66. The molecule has 84 valence electrons. The van der Waals surface area contributed by atoms with Crippen LogP contribution < -0.4 is 4.90 Å². The first kappa shape index (κ1) is 11.1. The zero-order valence-corrected chi connectivity index (χ0v) is 9.26. The predicted molar refractivity (Wildman–Crippen MR) is 63.4 cm³/mol. The third-order valence-electron chi connectivity index (χ3n) is 2.44. The van der Waals surface area contributed by atoms with Gasteiger partial charge in [0.1, 0.15) is 17.7 Å². The Bertz CT molecular complexity index is 558. The lowest BCUT2D eigenvalue weighted by Crippen LogP contribution is -2.12. The summed E-state index contributed by atoms with van der Waals surface area (Å²) in [5, 5.41) is 9.00. The van der Waals surface area contributed by atoms with Crippen molar-refractivity contribution in [3.63, 3.8) is 0 Å². The minimum absolute atomic E-state index is 0.379. The Morgan fingerprint density at radius 3 is 2.65 bits per heavy atom. The summed E-state index contributed by atoms with van der Waals surface area (Å²) in [6, 6.07) is 12.2. The Balaban J connectivity index is 2.40. The van der Waals surface area contributed by atoms with E-state index in [2.05, 4.69) is 11.1 Å². The van der Waals surface area contributed by atoms with Crippen molar-refractivity contribution < 1.29 is 4.39 Å². The zero-order valence-electron chi connectivity index (χ0n) is 9.26. The second-order valence-electron chi connectivity index (χ2n) is 3.52. The number of nitriles is 1. The summed E-state index contributed by atoms with van der Waals surface area (Å²) in [4.78, 5) is 5.72. The van der Waals surface area contributed by atoms with Gasteiger partial charge in [0, 0.05) is 7.05 Å². The van der Waals surface area contributed by atoms with E-state index in [9.17, 15) is 4.39 Å². The highest BCUT2D eigenvalue weighted by Crippen LogP contribution is 2.24. The van der Waals surface area contributed by atoms with Gasteiger partial charge in [-0.3, -0.25) is 0 Å². The average Bonchev–Trinajstić information content (AvgIpc) is 2.39. The largest absolute Gasteiger partial charge is 0.328 e. The Morgan fingerprint density at radius 2 is 2.00 bits per heavy atom. The van der Waals surface area contributed by atoms with Crippen LogP contribution in [0.4, 0.5) is 15.9 Å². The normalized spacial score (nSPS) is 9.71. The van der Waals surface area contributed by atoms with E-state index in [1.165, 1.54) is 6.07 Å². The maximum Gasteiger partial charge on any atom is 0.141 e. The molecule has 1 heterocycles. The number of rotatable bonds is 2. The van der Waals surface area contributed by atoms with Crippen LogP contribution in [0.15, 0.2) is 42.6 Å². The van der Waals surface area contributed by atoms with Gasteiger partial charge in [0.15, 0.2) is 0 Å². The maximum atomic E-state index is 12.8. The molecule has 0 saturated carbocycles. The van der Waals surface area contributed by atoms with Crippen LogP contribution >= 0.6 is 0 Å². The van der Waals surface area contributed by atoms with Crippen LogP contribution in [0.3, 0.4) is 0 Å². The molecule has 2 rings (SSSR count). The molecule has 0 unspecified atom stereocenters. The van der Waals surface area contributed by atoms with Crippen molar-refractivity contribution in [2.45, 2.75) is 0 Å². The van der Waals surface area contributed by atoms with Gasteiger partial charge in [0.25, 0.3) is 0 Å². The minimum Gasteiger partial charge on any atom is -0.328 e. The molecule has 0 bridgehead atoms. The number of nitrogens with zero attached hydrogens (tertiary/aromatic N) is 3. The van der Waals surface area contributed by atoms with E-state index < -0.39 is 0 Å². The standard InChI is InChI=1S/C13H10FN3/c1-17(13-7-6-11(14)9-16-13)12-5-3-2-4-10(12)8-15/h2-7,9H,1H3. The summed E-state index contributed by atoms with van der Waals surface area (Å²) in [5.41, 5.74) is 1.30.